The van der Waals surface area contributed by atoms with Gasteiger partial charge in [0.25, 0.3) is 0 Å². The van der Waals surface area contributed by atoms with E-state index in [1.807, 2.05) is 0 Å². The number of benzene rings is 2. The molecular weight excluding hydrogens is 426 g/mol. The van der Waals surface area contributed by atoms with Gasteiger partial charge in [-0.2, -0.15) is 8.42 Å². The van der Waals surface area contributed by atoms with Gasteiger partial charge in [-0.15, -0.1) is 5.10 Å². The van der Waals surface area contributed by atoms with Crippen LogP contribution in [0.15, 0.2) is 63.8 Å². The minimum Gasteiger partial charge on any atom is -0.485 e. The fourth-order valence-electron chi connectivity index (χ4n) is 3.32. The van der Waals surface area contributed by atoms with Crippen molar-refractivity contribution >= 4 is 21.0 Å². The summed E-state index contributed by atoms with van der Waals surface area (Å²) in [6.07, 6.45) is -0.752. The van der Waals surface area contributed by atoms with Gasteiger partial charge in [0.1, 0.15) is 18.5 Å². The quantitative estimate of drug-likeness (QED) is 0.592. The lowest BCUT2D eigenvalue weighted by Crippen LogP contribution is -2.53. The van der Waals surface area contributed by atoms with Crippen LogP contribution < -0.4 is 14.8 Å². The normalized spacial score (nSPS) is 18.2. The van der Waals surface area contributed by atoms with E-state index in [0.717, 1.165) is 4.31 Å². The van der Waals surface area contributed by atoms with Crippen molar-refractivity contribution in [2.24, 2.45) is 0 Å². The zero-order chi connectivity index (χ0) is 22.0. The summed E-state index contributed by atoms with van der Waals surface area (Å²) in [4.78, 5) is 23.8. The summed E-state index contributed by atoms with van der Waals surface area (Å²) in [5.74, 6) is -0.402. The molecule has 2 atom stereocenters. The number of H-pyrrole nitrogens is 1. The summed E-state index contributed by atoms with van der Waals surface area (Å²) < 4.78 is 43.3. The average Bonchev–Trinajstić information content (AvgIpc) is 3.17. The summed E-state index contributed by atoms with van der Waals surface area (Å²) in [6.45, 7) is 1.41. The van der Waals surface area contributed by atoms with Gasteiger partial charge in [-0.3, -0.25) is 4.31 Å². The first kappa shape index (κ1) is 20.7. The minimum absolute atomic E-state index is 0.0132. The molecule has 2 heterocycles. The van der Waals surface area contributed by atoms with E-state index >= 15 is 0 Å². The second kappa shape index (κ2) is 8.26. The standard InChI is InChI=1S/C20H19N3O7S/c1-13-17(11-18-21-22-19(24)30-18)29-16-10-6-5-9-15(16)23(13)31(26,27)20(25)28-12-14-7-3-2-4-8-14/h2-10,13,17H,11-12H2,1H3,(H,22,24)/t13-,17+/m1/s1. The summed E-state index contributed by atoms with van der Waals surface area (Å²) in [5, 5.41) is 4.52. The van der Waals surface area contributed by atoms with Crippen LogP contribution in [0.4, 0.5) is 10.5 Å². The van der Waals surface area contributed by atoms with Gasteiger partial charge in [0.15, 0.2) is 0 Å². The van der Waals surface area contributed by atoms with Gasteiger partial charge in [0.05, 0.1) is 18.2 Å². The number of carbonyl (C=O) groups excluding carboxylic acids is 1. The summed E-state index contributed by atoms with van der Waals surface area (Å²) in [7, 11) is -4.54. The third-order valence-corrected chi connectivity index (χ3v) is 6.40. The van der Waals surface area contributed by atoms with Gasteiger partial charge >= 0.3 is 21.1 Å². The first-order valence-corrected chi connectivity index (χ1v) is 10.9. The second-order valence-electron chi connectivity index (χ2n) is 6.90. The molecule has 1 aliphatic heterocycles. The van der Waals surface area contributed by atoms with Crippen LogP contribution in [0.3, 0.4) is 0 Å². The molecule has 1 aliphatic rings. The van der Waals surface area contributed by atoms with Crippen molar-refractivity contribution in [3.05, 3.63) is 76.6 Å². The van der Waals surface area contributed by atoms with Crippen LogP contribution >= 0.6 is 0 Å². The molecule has 0 radical (unpaired) electrons. The topological polar surface area (TPSA) is 132 Å². The van der Waals surface area contributed by atoms with Gasteiger partial charge in [-0.25, -0.2) is 14.7 Å². The molecular formula is C20H19N3O7S. The van der Waals surface area contributed by atoms with E-state index < -0.39 is 33.2 Å². The number of nitrogens with zero attached hydrogens (tertiary/aromatic N) is 2. The van der Waals surface area contributed by atoms with Crippen LogP contribution in [-0.4, -0.2) is 36.1 Å². The van der Waals surface area contributed by atoms with Crippen molar-refractivity contribution in [2.75, 3.05) is 4.31 Å². The number of carbonyl (C=O) groups is 1. The number of ether oxygens (including phenoxy) is 2. The molecule has 0 saturated carbocycles. The Balaban J connectivity index is 1.62. The Kier molecular flexibility index (Phi) is 5.51. The number of anilines is 1. The van der Waals surface area contributed by atoms with Gasteiger partial charge < -0.3 is 13.9 Å². The molecule has 2 aromatic carbocycles. The minimum atomic E-state index is -4.54. The molecule has 0 aliphatic carbocycles. The number of fused-ring (bicyclic) bond motifs is 1. The molecule has 3 aromatic rings. The number of aromatic amines is 1. The molecule has 10 nitrogen and oxygen atoms in total. The van der Waals surface area contributed by atoms with E-state index in [9.17, 15) is 18.0 Å². The lowest BCUT2D eigenvalue weighted by Gasteiger charge is -2.39. The third-order valence-electron chi connectivity index (χ3n) is 4.82. The smallest absolute Gasteiger partial charge is 0.445 e. The zero-order valence-electron chi connectivity index (χ0n) is 16.4. The average molecular weight is 445 g/mol. The van der Waals surface area contributed by atoms with Crippen molar-refractivity contribution < 1.29 is 27.1 Å². The maximum absolute atomic E-state index is 13.2. The van der Waals surface area contributed by atoms with Crippen LogP contribution in [0.5, 0.6) is 5.75 Å². The van der Waals surface area contributed by atoms with Crippen LogP contribution in [0.1, 0.15) is 18.4 Å². The van der Waals surface area contributed by atoms with Crippen LogP contribution in [0, 0.1) is 0 Å². The summed E-state index contributed by atoms with van der Waals surface area (Å²) in [6, 6.07) is 14.4. The molecule has 0 fully saturated rings. The van der Waals surface area contributed by atoms with Crippen LogP contribution in [0.25, 0.3) is 0 Å². The van der Waals surface area contributed by atoms with Crippen molar-refractivity contribution in [2.45, 2.75) is 32.1 Å². The molecule has 0 saturated heterocycles. The monoisotopic (exact) mass is 445 g/mol. The number of nitrogens with one attached hydrogen (secondary N) is 1. The largest absolute Gasteiger partial charge is 0.485 e. The van der Waals surface area contributed by atoms with Crippen molar-refractivity contribution in [1.29, 1.82) is 0 Å². The highest BCUT2D eigenvalue weighted by molar-refractivity contribution is 8.06. The fourth-order valence-corrected chi connectivity index (χ4v) is 4.67. The molecule has 11 heteroatoms. The predicted molar refractivity (Wildman–Crippen MR) is 109 cm³/mol. The lowest BCUT2D eigenvalue weighted by molar-refractivity contribution is 0.154. The Morgan fingerprint density at radius 1 is 1.16 bits per heavy atom. The molecule has 1 aromatic heterocycles. The highest BCUT2D eigenvalue weighted by atomic mass is 32.2. The fraction of sp³-hybridized carbons (Fsp3) is 0.250. The Hall–Kier alpha value is -3.60. The molecule has 4 rings (SSSR count). The molecule has 0 spiro atoms. The summed E-state index contributed by atoms with van der Waals surface area (Å²) in [5.41, 5.74) is 0.874. The van der Waals surface area contributed by atoms with Crippen LogP contribution in [-0.2, 0) is 27.8 Å². The van der Waals surface area contributed by atoms with Crippen molar-refractivity contribution in [3.63, 3.8) is 0 Å². The lowest BCUT2D eigenvalue weighted by atomic mass is 10.1. The number of sulfonamides is 1. The Morgan fingerprint density at radius 3 is 2.58 bits per heavy atom. The maximum atomic E-state index is 13.2. The predicted octanol–water partition coefficient (Wildman–Crippen LogP) is 2.23. The Morgan fingerprint density at radius 2 is 1.87 bits per heavy atom. The van der Waals surface area contributed by atoms with Gasteiger partial charge in [0, 0.05) is 0 Å². The van der Waals surface area contributed by atoms with E-state index in [-0.39, 0.29) is 30.4 Å². The zero-order valence-corrected chi connectivity index (χ0v) is 17.2. The number of hydrogen-bond acceptors (Lipinski definition) is 8. The number of hydrogen-bond donors (Lipinski definition) is 1. The highest BCUT2D eigenvalue weighted by Crippen LogP contribution is 2.39. The van der Waals surface area contributed by atoms with Crippen LogP contribution in [0.2, 0.25) is 0 Å². The van der Waals surface area contributed by atoms with E-state index in [4.69, 9.17) is 13.9 Å². The van der Waals surface area contributed by atoms with Crippen molar-refractivity contribution in [3.8, 4) is 5.75 Å². The molecule has 0 bridgehead atoms. The Labute approximate surface area is 177 Å². The van der Waals surface area contributed by atoms with Gasteiger partial charge in [0.2, 0.25) is 5.89 Å². The van der Waals surface area contributed by atoms with E-state index in [0.29, 0.717) is 5.56 Å². The maximum Gasteiger partial charge on any atom is 0.445 e. The molecule has 1 N–H and O–H groups in total. The van der Waals surface area contributed by atoms with E-state index in [2.05, 4.69) is 10.2 Å². The second-order valence-corrected chi connectivity index (χ2v) is 8.58. The molecule has 162 valence electrons. The van der Waals surface area contributed by atoms with Gasteiger partial charge in [-0.05, 0) is 24.6 Å². The SMILES string of the molecule is C[C@@H]1[C@H](Cc2n[nH]c(=O)o2)Oc2ccccc2N1S(=O)(=O)C(=O)OCc1ccccc1. The molecule has 0 unspecified atom stereocenters. The highest BCUT2D eigenvalue weighted by Gasteiger charge is 2.44. The summed E-state index contributed by atoms with van der Waals surface area (Å²) >= 11 is 0. The van der Waals surface area contributed by atoms with E-state index in [1.165, 1.54) is 0 Å². The Bertz CT molecular complexity index is 1240. The van der Waals surface area contributed by atoms with E-state index in [1.54, 1.807) is 61.5 Å². The molecule has 31 heavy (non-hydrogen) atoms. The number of rotatable bonds is 5. The number of aromatic nitrogens is 2. The first-order chi connectivity index (χ1) is 14.9. The molecule has 0 amide bonds. The third kappa shape index (κ3) is 4.17. The first-order valence-electron chi connectivity index (χ1n) is 9.41. The van der Waals surface area contributed by atoms with Crippen molar-refractivity contribution in [1.82, 2.24) is 10.2 Å². The van der Waals surface area contributed by atoms with Gasteiger partial charge in [-0.1, -0.05) is 42.5 Å². The number of para-hydroxylation sites is 2.